The lowest BCUT2D eigenvalue weighted by atomic mass is 10.1. The lowest BCUT2D eigenvalue weighted by molar-refractivity contribution is 0.430. The molecule has 0 atom stereocenters. The van der Waals surface area contributed by atoms with E-state index >= 15 is 0 Å². The largest absolute Gasteiger partial charge is 0.381 e. The van der Waals surface area contributed by atoms with E-state index in [1.54, 1.807) is 0 Å². The van der Waals surface area contributed by atoms with Gasteiger partial charge in [0.05, 0.1) is 5.56 Å². The van der Waals surface area contributed by atoms with E-state index in [1.165, 1.54) is 18.2 Å². The van der Waals surface area contributed by atoms with Crippen LogP contribution >= 0.6 is 0 Å². The zero-order chi connectivity index (χ0) is 11.7. The van der Waals surface area contributed by atoms with Gasteiger partial charge in [-0.15, -0.1) is 0 Å². The normalized spacial score (nSPS) is 10.7. The van der Waals surface area contributed by atoms with Crippen molar-refractivity contribution in [3.8, 4) is 11.3 Å². The van der Waals surface area contributed by atoms with Gasteiger partial charge >= 0.3 is 0 Å². The van der Waals surface area contributed by atoms with Crippen molar-refractivity contribution in [3.63, 3.8) is 0 Å². The Morgan fingerprint density at radius 2 is 2.06 bits per heavy atom. The molecule has 2 N–H and O–H groups in total. The van der Waals surface area contributed by atoms with Gasteiger partial charge in [-0.3, -0.25) is 0 Å². The molecular weight excluding hydrogens is 214 g/mol. The number of aromatic nitrogens is 1. The molecule has 0 aliphatic rings. The van der Waals surface area contributed by atoms with Crippen LogP contribution in [0.15, 0.2) is 22.7 Å². The van der Waals surface area contributed by atoms with E-state index in [-0.39, 0.29) is 17.1 Å². The van der Waals surface area contributed by atoms with E-state index in [0.717, 1.165) is 0 Å². The Morgan fingerprint density at radius 3 is 2.62 bits per heavy atom. The van der Waals surface area contributed by atoms with Crippen LogP contribution in [0.5, 0.6) is 0 Å². The third-order valence-corrected chi connectivity index (χ3v) is 2.29. The Labute approximate surface area is 90.9 Å². The average molecular weight is 224 g/mol. The van der Waals surface area contributed by atoms with E-state index in [2.05, 4.69) is 5.16 Å². The summed E-state index contributed by atoms with van der Waals surface area (Å²) in [5.74, 6) is -1.58. The van der Waals surface area contributed by atoms with Crippen LogP contribution in [0.4, 0.5) is 14.6 Å². The maximum Gasteiger partial charge on any atom is 0.172 e. The molecule has 16 heavy (non-hydrogen) atoms. The molecule has 0 unspecified atom stereocenters. The maximum atomic E-state index is 13.5. The van der Waals surface area contributed by atoms with E-state index < -0.39 is 11.6 Å². The van der Waals surface area contributed by atoms with E-state index in [1.807, 2.05) is 6.92 Å². The average Bonchev–Trinajstić information content (AvgIpc) is 2.68. The number of benzene rings is 1. The van der Waals surface area contributed by atoms with Crippen LogP contribution in [0, 0.1) is 11.6 Å². The topological polar surface area (TPSA) is 52.0 Å². The monoisotopic (exact) mass is 224 g/mol. The molecule has 1 heterocycles. The Kier molecular flexibility index (Phi) is 2.60. The van der Waals surface area contributed by atoms with E-state index in [4.69, 9.17) is 10.3 Å². The first kappa shape index (κ1) is 10.6. The predicted octanol–water partition coefficient (Wildman–Crippen LogP) is 2.76. The van der Waals surface area contributed by atoms with Crippen LogP contribution in [-0.4, -0.2) is 5.16 Å². The third-order valence-electron chi connectivity index (χ3n) is 2.29. The number of nitrogens with two attached hydrogens (primary N) is 1. The van der Waals surface area contributed by atoms with Gasteiger partial charge in [-0.2, -0.15) is 0 Å². The number of nitrogens with zero attached hydrogens (tertiary/aromatic N) is 1. The Morgan fingerprint density at radius 1 is 1.31 bits per heavy atom. The van der Waals surface area contributed by atoms with Gasteiger partial charge < -0.3 is 10.3 Å². The number of nitrogen functional groups attached to an aromatic ring is 1. The first-order chi connectivity index (χ1) is 7.61. The molecule has 0 fully saturated rings. The molecule has 0 radical (unpaired) electrons. The minimum Gasteiger partial charge on any atom is -0.381 e. The number of hydrogen-bond donors (Lipinski definition) is 1. The minimum atomic E-state index is -0.951. The van der Waals surface area contributed by atoms with Crippen LogP contribution in [0.25, 0.3) is 11.3 Å². The highest BCUT2D eigenvalue weighted by atomic mass is 19.2. The van der Waals surface area contributed by atoms with Gasteiger partial charge in [-0.1, -0.05) is 12.1 Å². The second-order valence-corrected chi connectivity index (χ2v) is 3.41. The van der Waals surface area contributed by atoms with Crippen molar-refractivity contribution in [1.29, 1.82) is 0 Å². The molecule has 3 nitrogen and oxygen atoms in total. The fourth-order valence-electron chi connectivity index (χ4n) is 1.44. The third kappa shape index (κ3) is 1.76. The Hall–Kier alpha value is -1.91. The van der Waals surface area contributed by atoms with Gasteiger partial charge in [-0.25, -0.2) is 8.78 Å². The number of hydrogen-bond acceptors (Lipinski definition) is 3. The van der Waals surface area contributed by atoms with Gasteiger partial charge in [0.1, 0.15) is 0 Å². The second kappa shape index (κ2) is 3.92. The molecule has 0 aliphatic carbocycles. The van der Waals surface area contributed by atoms with Crippen molar-refractivity contribution in [2.45, 2.75) is 13.3 Å². The fraction of sp³-hybridized carbons (Fsp3) is 0.182. The number of aryl methyl sites for hydroxylation is 1. The van der Waals surface area contributed by atoms with E-state index in [9.17, 15) is 8.78 Å². The molecule has 1 aromatic carbocycles. The zero-order valence-corrected chi connectivity index (χ0v) is 8.63. The summed E-state index contributed by atoms with van der Waals surface area (Å²) < 4.78 is 31.6. The summed E-state index contributed by atoms with van der Waals surface area (Å²) >= 11 is 0. The number of rotatable bonds is 2. The lowest BCUT2D eigenvalue weighted by Crippen LogP contribution is -1.92. The molecule has 1 aromatic heterocycles. The van der Waals surface area contributed by atoms with E-state index in [0.29, 0.717) is 12.0 Å². The van der Waals surface area contributed by atoms with Crippen LogP contribution in [0.1, 0.15) is 12.5 Å². The molecule has 0 aliphatic heterocycles. The van der Waals surface area contributed by atoms with Crippen molar-refractivity contribution >= 4 is 5.82 Å². The summed E-state index contributed by atoms with van der Waals surface area (Å²) in [5.41, 5.74) is 6.08. The fourth-order valence-corrected chi connectivity index (χ4v) is 1.44. The van der Waals surface area contributed by atoms with Gasteiger partial charge in [-0.05, 0) is 24.1 Å². The SMILES string of the molecule is CCc1cc(F)c(F)c(-c2cc(N)no2)c1. The lowest BCUT2D eigenvalue weighted by Gasteiger charge is -2.03. The molecule has 0 saturated heterocycles. The van der Waals surface area contributed by atoms with Crippen LogP contribution in [-0.2, 0) is 6.42 Å². The van der Waals surface area contributed by atoms with Gasteiger partial charge in [0.25, 0.3) is 0 Å². The summed E-state index contributed by atoms with van der Waals surface area (Å²) in [6.45, 7) is 1.85. The van der Waals surface area contributed by atoms with Crippen LogP contribution in [0.3, 0.4) is 0 Å². The van der Waals surface area contributed by atoms with Crippen molar-refractivity contribution in [2.75, 3.05) is 5.73 Å². The highest BCUT2D eigenvalue weighted by molar-refractivity contribution is 5.61. The van der Waals surface area contributed by atoms with Crippen molar-refractivity contribution < 1.29 is 13.3 Å². The highest BCUT2D eigenvalue weighted by Gasteiger charge is 2.15. The Bertz CT molecular complexity index is 523. The number of halogens is 2. The second-order valence-electron chi connectivity index (χ2n) is 3.41. The first-order valence-electron chi connectivity index (χ1n) is 4.82. The summed E-state index contributed by atoms with van der Waals surface area (Å²) in [7, 11) is 0. The molecule has 0 amide bonds. The molecule has 2 rings (SSSR count). The molecule has 0 bridgehead atoms. The van der Waals surface area contributed by atoms with Crippen LogP contribution < -0.4 is 5.73 Å². The minimum absolute atomic E-state index is 0.0426. The summed E-state index contributed by atoms with van der Waals surface area (Å²) in [4.78, 5) is 0. The zero-order valence-electron chi connectivity index (χ0n) is 8.63. The van der Waals surface area contributed by atoms with Crippen molar-refractivity contribution in [3.05, 3.63) is 35.4 Å². The predicted molar refractivity (Wildman–Crippen MR) is 55.6 cm³/mol. The molecule has 0 saturated carbocycles. The van der Waals surface area contributed by atoms with Gasteiger partial charge in [0.15, 0.2) is 23.2 Å². The summed E-state index contributed by atoms with van der Waals surface area (Å²) in [6, 6.07) is 4.05. The van der Waals surface area contributed by atoms with Gasteiger partial charge in [0.2, 0.25) is 0 Å². The molecule has 5 heteroatoms. The number of anilines is 1. The molecule has 2 aromatic rings. The summed E-state index contributed by atoms with van der Waals surface area (Å²) in [5, 5.41) is 3.43. The van der Waals surface area contributed by atoms with Crippen LogP contribution in [0.2, 0.25) is 0 Å². The van der Waals surface area contributed by atoms with Crippen molar-refractivity contribution in [2.24, 2.45) is 0 Å². The first-order valence-corrected chi connectivity index (χ1v) is 4.82. The molecule has 84 valence electrons. The Balaban J connectivity index is 2.59. The standard InChI is InChI=1S/C11H10F2N2O/c1-2-6-3-7(11(13)8(12)4-6)9-5-10(14)15-16-9/h3-5H,2H2,1H3,(H2,14,15). The van der Waals surface area contributed by atoms with Gasteiger partial charge in [0, 0.05) is 6.07 Å². The quantitative estimate of drug-likeness (QED) is 0.853. The highest BCUT2D eigenvalue weighted by Crippen LogP contribution is 2.27. The molecule has 0 spiro atoms. The maximum absolute atomic E-state index is 13.5. The summed E-state index contributed by atoms with van der Waals surface area (Å²) in [6.07, 6.45) is 0.605. The molecular formula is C11H10F2N2O. The smallest absolute Gasteiger partial charge is 0.172 e. The van der Waals surface area contributed by atoms with Crippen molar-refractivity contribution in [1.82, 2.24) is 5.16 Å².